The van der Waals surface area contributed by atoms with Crippen molar-refractivity contribution >= 4 is 11.0 Å². The van der Waals surface area contributed by atoms with Crippen molar-refractivity contribution in [3.8, 4) is 11.8 Å². The number of nitrogens with zero attached hydrogens (tertiary/aromatic N) is 3. The van der Waals surface area contributed by atoms with E-state index >= 15 is 0 Å². The topological polar surface area (TPSA) is 72.9 Å². The highest BCUT2D eigenvalue weighted by atomic mass is 16.5. The van der Waals surface area contributed by atoms with Crippen LogP contribution in [0.15, 0.2) is 0 Å². The molecule has 0 saturated heterocycles. The third-order valence-corrected chi connectivity index (χ3v) is 2.86. The first-order chi connectivity index (χ1) is 10.0. The van der Waals surface area contributed by atoms with Crippen molar-refractivity contribution in [1.82, 2.24) is 20.2 Å². The molecule has 0 aliphatic rings. The largest absolute Gasteiger partial charge is 0.472 e. The average Bonchev–Trinajstić information content (AvgIpc) is 2.83. The molecule has 0 aliphatic carbocycles. The highest BCUT2D eigenvalue weighted by Gasteiger charge is 2.18. The third kappa shape index (κ3) is 3.83. The van der Waals surface area contributed by atoms with Crippen LogP contribution in [0.2, 0.25) is 0 Å². The number of hydrogen-bond donors (Lipinski definition) is 1. The molecular formula is C15H24N4O2. The lowest BCUT2D eigenvalue weighted by atomic mass is 10.2. The van der Waals surface area contributed by atoms with E-state index in [1.807, 2.05) is 27.7 Å². The summed E-state index contributed by atoms with van der Waals surface area (Å²) in [6.07, 6.45) is 3.16. The Morgan fingerprint density at radius 3 is 2.24 bits per heavy atom. The molecule has 0 spiro atoms. The number of imidazole rings is 1. The Balaban J connectivity index is 2.44. The smallest absolute Gasteiger partial charge is 0.262 e. The number of nitrogens with one attached hydrogen (secondary N) is 1. The first kappa shape index (κ1) is 15.5. The van der Waals surface area contributed by atoms with E-state index in [0.717, 1.165) is 30.6 Å². The van der Waals surface area contributed by atoms with Gasteiger partial charge in [0.2, 0.25) is 0 Å². The van der Waals surface area contributed by atoms with Crippen molar-refractivity contribution < 1.29 is 9.47 Å². The summed E-state index contributed by atoms with van der Waals surface area (Å²) in [7, 11) is 0. The lowest BCUT2D eigenvalue weighted by molar-refractivity contribution is 0.219. The number of aromatic amines is 1. The van der Waals surface area contributed by atoms with E-state index in [4.69, 9.17) is 9.47 Å². The maximum Gasteiger partial charge on any atom is 0.262 e. The van der Waals surface area contributed by atoms with Crippen LogP contribution in [0.3, 0.4) is 0 Å². The zero-order chi connectivity index (χ0) is 15.4. The second kappa shape index (κ2) is 6.74. The molecule has 1 N–H and O–H groups in total. The molecule has 0 atom stereocenters. The van der Waals surface area contributed by atoms with Gasteiger partial charge in [-0.15, -0.1) is 10.2 Å². The van der Waals surface area contributed by atoms with Crippen LogP contribution in [0.5, 0.6) is 11.8 Å². The molecule has 0 fully saturated rings. The van der Waals surface area contributed by atoms with E-state index in [9.17, 15) is 0 Å². The van der Waals surface area contributed by atoms with Gasteiger partial charge in [0.05, 0.1) is 12.2 Å². The minimum Gasteiger partial charge on any atom is -0.472 e. The number of hydrogen-bond acceptors (Lipinski definition) is 5. The molecule has 0 saturated carbocycles. The van der Waals surface area contributed by atoms with Crippen LogP contribution in [0.4, 0.5) is 0 Å². The van der Waals surface area contributed by atoms with Crippen molar-refractivity contribution in [2.75, 3.05) is 0 Å². The molecular weight excluding hydrogens is 268 g/mol. The Bertz CT molecular complexity index is 546. The molecule has 6 nitrogen and oxygen atoms in total. The Hall–Kier alpha value is -1.85. The lowest BCUT2D eigenvalue weighted by Crippen LogP contribution is -2.11. The summed E-state index contributed by atoms with van der Waals surface area (Å²) in [5.74, 6) is 1.85. The second-order valence-electron chi connectivity index (χ2n) is 5.65. The number of ether oxygens (including phenoxy) is 2. The molecule has 6 heteroatoms. The minimum absolute atomic E-state index is 0.0233. The number of aromatic nitrogens is 4. The number of aryl methyl sites for hydroxylation is 1. The summed E-state index contributed by atoms with van der Waals surface area (Å²) in [5.41, 5.74) is 1.46. The van der Waals surface area contributed by atoms with E-state index in [1.54, 1.807) is 0 Å². The molecule has 0 aliphatic heterocycles. The highest BCUT2D eigenvalue weighted by molar-refractivity contribution is 5.84. The first-order valence-corrected chi connectivity index (χ1v) is 7.59. The molecule has 0 amide bonds. The van der Waals surface area contributed by atoms with Gasteiger partial charge in [-0.1, -0.05) is 13.3 Å². The summed E-state index contributed by atoms with van der Waals surface area (Å²) in [6.45, 7) is 9.99. The predicted molar refractivity (Wildman–Crippen MR) is 81.8 cm³/mol. The molecule has 2 aromatic heterocycles. The van der Waals surface area contributed by atoms with Gasteiger partial charge in [0.15, 0.2) is 5.52 Å². The fourth-order valence-electron chi connectivity index (χ4n) is 1.99. The summed E-state index contributed by atoms with van der Waals surface area (Å²) >= 11 is 0. The minimum atomic E-state index is 0.0233. The highest BCUT2D eigenvalue weighted by Crippen LogP contribution is 2.28. The fourth-order valence-corrected chi connectivity index (χ4v) is 1.99. The van der Waals surface area contributed by atoms with Crippen LogP contribution < -0.4 is 9.47 Å². The standard InChI is InChI=1S/C15H24N4O2/c1-6-7-8-11-16-12-13(17-11)15(21-10(4)5)19-18-14(12)20-9(2)3/h9-10H,6-8H2,1-5H3,(H,16,17). The quantitative estimate of drug-likeness (QED) is 0.848. The molecule has 116 valence electrons. The lowest BCUT2D eigenvalue weighted by Gasteiger charge is -2.11. The van der Waals surface area contributed by atoms with Gasteiger partial charge in [-0.2, -0.15) is 0 Å². The Morgan fingerprint density at radius 2 is 1.62 bits per heavy atom. The second-order valence-corrected chi connectivity index (χ2v) is 5.65. The predicted octanol–water partition coefficient (Wildman–Crippen LogP) is 3.27. The monoisotopic (exact) mass is 292 g/mol. The first-order valence-electron chi connectivity index (χ1n) is 7.59. The molecule has 2 rings (SSSR count). The maximum atomic E-state index is 5.70. The molecule has 0 unspecified atom stereocenters. The zero-order valence-corrected chi connectivity index (χ0v) is 13.4. The Labute approximate surface area is 125 Å². The maximum absolute atomic E-state index is 5.70. The van der Waals surface area contributed by atoms with Crippen molar-refractivity contribution in [2.45, 2.75) is 66.1 Å². The normalized spacial score (nSPS) is 11.6. The van der Waals surface area contributed by atoms with E-state index in [-0.39, 0.29) is 12.2 Å². The number of H-pyrrole nitrogens is 1. The summed E-state index contributed by atoms with van der Waals surface area (Å²) in [6, 6.07) is 0. The van der Waals surface area contributed by atoms with Gasteiger partial charge in [-0.25, -0.2) is 4.98 Å². The van der Waals surface area contributed by atoms with Crippen molar-refractivity contribution in [2.24, 2.45) is 0 Å². The van der Waals surface area contributed by atoms with Gasteiger partial charge in [0.25, 0.3) is 11.8 Å². The van der Waals surface area contributed by atoms with Crippen molar-refractivity contribution in [3.63, 3.8) is 0 Å². The Morgan fingerprint density at radius 1 is 1.00 bits per heavy atom. The van der Waals surface area contributed by atoms with Crippen molar-refractivity contribution in [3.05, 3.63) is 5.82 Å². The van der Waals surface area contributed by atoms with E-state index < -0.39 is 0 Å². The van der Waals surface area contributed by atoms with E-state index in [1.165, 1.54) is 0 Å². The molecule has 2 aromatic rings. The summed E-state index contributed by atoms with van der Waals surface area (Å²) < 4.78 is 11.4. The summed E-state index contributed by atoms with van der Waals surface area (Å²) in [4.78, 5) is 7.91. The van der Waals surface area contributed by atoms with Crippen LogP contribution in [0.25, 0.3) is 11.0 Å². The molecule has 2 heterocycles. The van der Waals surface area contributed by atoms with Crippen LogP contribution in [-0.2, 0) is 6.42 Å². The van der Waals surface area contributed by atoms with Gasteiger partial charge in [0.1, 0.15) is 11.3 Å². The number of unbranched alkanes of at least 4 members (excludes halogenated alkanes) is 1. The number of rotatable bonds is 7. The van der Waals surface area contributed by atoms with Crippen LogP contribution in [0.1, 0.15) is 53.3 Å². The average molecular weight is 292 g/mol. The van der Waals surface area contributed by atoms with E-state index in [0.29, 0.717) is 17.3 Å². The number of fused-ring (bicyclic) bond motifs is 1. The van der Waals surface area contributed by atoms with Gasteiger partial charge in [0, 0.05) is 6.42 Å². The summed E-state index contributed by atoms with van der Waals surface area (Å²) in [5, 5.41) is 8.24. The molecule has 0 radical (unpaired) electrons. The van der Waals surface area contributed by atoms with E-state index in [2.05, 4.69) is 27.1 Å². The Kier molecular flexibility index (Phi) is 4.98. The van der Waals surface area contributed by atoms with Gasteiger partial charge >= 0.3 is 0 Å². The van der Waals surface area contributed by atoms with Gasteiger partial charge in [-0.3, -0.25) is 0 Å². The molecule has 0 aromatic carbocycles. The fraction of sp³-hybridized carbons (Fsp3) is 0.667. The van der Waals surface area contributed by atoms with Crippen LogP contribution in [-0.4, -0.2) is 32.4 Å². The van der Waals surface area contributed by atoms with Crippen LogP contribution in [0, 0.1) is 0 Å². The van der Waals surface area contributed by atoms with Gasteiger partial charge < -0.3 is 14.5 Å². The molecule has 21 heavy (non-hydrogen) atoms. The van der Waals surface area contributed by atoms with Gasteiger partial charge in [-0.05, 0) is 34.1 Å². The van der Waals surface area contributed by atoms with Crippen molar-refractivity contribution in [1.29, 1.82) is 0 Å². The van der Waals surface area contributed by atoms with Crippen LogP contribution >= 0.6 is 0 Å². The SMILES string of the molecule is CCCCc1nc2c(OC(C)C)nnc(OC(C)C)c2[nH]1. The zero-order valence-electron chi connectivity index (χ0n) is 13.4. The molecule has 0 bridgehead atoms. The third-order valence-electron chi connectivity index (χ3n) is 2.86.